The number of rotatable bonds is 2. The second-order valence-electron chi connectivity index (χ2n) is 7.14. The van der Waals surface area contributed by atoms with Crippen LogP contribution in [0.3, 0.4) is 0 Å². The zero-order valence-corrected chi connectivity index (χ0v) is 12.1. The molecule has 1 heterocycles. The largest absolute Gasteiger partial charge is 0.354 e. The summed E-state index contributed by atoms with van der Waals surface area (Å²) in [6.07, 6.45) is 7.23. The van der Waals surface area contributed by atoms with E-state index in [4.69, 9.17) is 0 Å². The Morgan fingerprint density at radius 1 is 1.11 bits per heavy atom. The summed E-state index contributed by atoms with van der Waals surface area (Å²) in [5.41, 5.74) is 0.444. The van der Waals surface area contributed by atoms with Crippen LogP contribution in [0, 0.1) is 11.3 Å². The lowest BCUT2D eigenvalue weighted by Gasteiger charge is -2.30. The normalized spacial score (nSPS) is 34.2. The van der Waals surface area contributed by atoms with Gasteiger partial charge in [-0.25, -0.2) is 0 Å². The molecule has 2 N–H and O–H groups in total. The van der Waals surface area contributed by atoms with E-state index in [-0.39, 0.29) is 5.91 Å². The van der Waals surface area contributed by atoms with Crippen LogP contribution in [0.2, 0.25) is 0 Å². The summed E-state index contributed by atoms with van der Waals surface area (Å²) in [5.74, 6) is 1.06. The second kappa shape index (κ2) is 5.60. The first-order valence-corrected chi connectivity index (χ1v) is 7.48. The van der Waals surface area contributed by atoms with Crippen molar-refractivity contribution in [2.45, 2.75) is 71.4 Å². The van der Waals surface area contributed by atoms with Crippen molar-refractivity contribution in [3.05, 3.63) is 0 Å². The van der Waals surface area contributed by atoms with Crippen molar-refractivity contribution in [2.75, 3.05) is 6.54 Å². The Kier molecular flexibility index (Phi) is 4.31. The fourth-order valence-corrected chi connectivity index (χ4v) is 3.39. The van der Waals surface area contributed by atoms with Gasteiger partial charge in [-0.05, 0) is 37.0 Å². The van der Waals surface area contributed by atoms with E-state index in [1.165, 1.54) is 32.1 Å². The zero-order valence-electron chi connectivity index (χ0n) is 12.1. The lowest BCUT2D eigenvalue weighted by atomic mass is 9.76. The molecular formula is C15H28N2O. The van der Waals surface area contributed by atoms with E-state index in [2.05, 4.69) is 31.4 Å². The average Bonchev–Trinajstić information content (AvgIpc) is 2.53. The van der Waals surface area contributed by atoms with Crippen LogP contribution in [0.1, 0.15) is 59.3 Å². The van der Waals surface area contributed by atoms with Crippen LogP contribution in [-0.4, -0.2) is 24.5 Å². The molecule has 0 radical (unpaired) electrons. The van der Waals surface area contributed by atoms with Gasteiger partial charge in [0.25, 0.3) is 0 Å². The van der Waals surface area contributed by atoms with Crippen molar-refractivity contribution in [3.63, 3.8) is 0 Å². The molecule has 3 unspecified atom stereocenters. The van der Waals surface area contributed by atoms with Crippen LogP contribution in [0.4, 0.5) is 0 Å². The monoisotopic (exact) mass is 252 g/mol. The van der Waals surface area contributed by atoms with E-state index in [1.807, 2.05) is 0 Å². The number of amides is 1. The molecule has 3 atom stereocenters. The molecule has 104 valence electrons. The Labute approximate surface area is 111 Å². The molecule has 2 fully saturated rings. The molecule has 1 aliphatic carbocycles. The summed E-state index contributed by atoms with van der Waals surface area (Å²) in [5, 5.41) is 6.58. The summed E-state index contributed by atoms with van der Waals surface area (Å²) in [6, 6.07) is 0.990. The molecule has 3 heteroatoms. The average molecular weight is 252 g/mol. The third-order valence-corrected chi connectivity index (χ3v) is 4.64. The van der Waals surface area contributed by atoms with Crippen molar-refractivity contribution >= 4 is 5.91 Å². The van der Waals surface area contributed by atoms with Crippen LogP contribution in [0.15, 0.2) is 0 Å². The van der Waals surface area contributed by atoms with Gasteiger partial charge in [-0.2, -0.15) is 0 Å². The van der Waals surface area contributed by atoms with Crippen molar-refractivity contribution in [1.29, 1.82) is 0 Å². The first kappa shape index (κ1) is 13.9. The van der Waals surface area contributed by atoms with E-state index in [1.54, 1.807) is 0 Å². The summed E-state index contributed by atoms with van der Waals surface area (Å²) < 4.78 is 0. The van der Waals surface area contributed by atoms with E-state index >= 15 is 0 Å². The predicted octanol–water partition coefficient (Wildman–Crippen LogP) is 2.46. The summed E-state index contributed by atoms with van der Waals surface area (Å²) >= 11 is 0. The van der Waals surface area contributed by atoms with Crippen LogP contribution >= 0.6 is 0 Å². The Morgan fingerprint density at radius 3 is 2.50 bits per heavy atom. The van der Waals surface area contributed by atoms with Gasteiger partial charge in [0.2, 0.25) is 5.91 Å². The predicted molar refractivity (Wildman–Crippen MR) is 74.4 cm³/mol. The summed E-state index contributed by atoms with van der Waals surface area (Å²) in [4.78, 5) is 11.2. The third kappa shape index (κ3) is 3.71. The summed E-state index contributed by atoms with van der Waals surface area (Å²) in [6.45, 7) is 7.92. The minimum atomic E-state index is 0.202. The fraction of sp³-hybridized carbons (Fsp3) is 0.933. The molecule has 2 aliphatic rings. The quantitative estimate of drug-likeness (QED) is 0.741. The zero-order chi connectivity index (χ0) is 13.2. The van der Waals surface area contributed by atoms with Crippen LogP contribution in [-0.2, 0) is 4.79 Å². The Hall–Kier alpha value is -0.570. The molecule has 0 spiro atoms. The number of nitrogens with one attached hydrogen (secondary N) is 2. The van der Waals surface area contributed by atoms with Crippen molar-refractivity contribution in [3.8, 4) is 0 Å². The SMILES string of the molecule is CC(C)(C)C1CCCC(NC2CNC(=O)C2)CC1. The molecule has 1 saturated carbocycles. The molecule has 1 amide bonds. The topological polar surface area (TPSA) is 41.1 Å². The van der Waals surface area contributed by atoms with Gasteiger partial charge in [0, 0.05) is 25.0 Å². The highest BCUT2D eigenvalue weighted by molar-refractivity contribution is 5.78. The second-order valence-corrected chi connectivity index (χ2v) is 7.14. The van der Waals surface area contributed by atoms with Gasteiger partial charge in [-0.15, -0.1) is 0 Å². The lowest BCUT2D eigenvalue weighted by Crippen LogP contribution is -2.39. The molecular weight excluding hydrogens is 224 g/mol. The maximum atomic E-state index is 11.2. The molecule has 0 aromatic rings. The smallest absolute Gasteiger partial charge is 0.221 e. The number of carbonyl (C=O) groups excluding carboxylic acids is 1. The van der Waals surface area contributed by atoms with Gasteiger partial charge in [0.15, 0.2) is 0 Å². The Morgan fingerprint density at radius 2 is 1.89 bits per heavy atom. The van der Waals surface area contributed by atoms with E-state index < -0.39 is 0 Å². The highest BCUT2D eigenvalue weighted by atomic mass is 16.1. The highest BCUT2D eigenvalue weighted by Gasteiger charge is 2.29. The third-order valence-electron chi connectivity index (χ3n) is 4.64. The fourth-order valence-electron chi connectivity index (χ4n) is 3.39. The molecule has 0 aromatic carbocycles. The van der Waals surface area contributed by atoms with Crippen LogP contribution < -0.4 is 10.6 Å². The van der Waals surface area contributed by atoms with E-state index in [0.29, 0.717) is 23.9 Å². The molecule has 2 rings (SSSR count). The molecule has 3 nitrogen and oxygen atoms in total. The van der Waals surface area contributed by atoms with Crippen molar-refractivity contribution in [2.24, 2.45) is 11.3 Å². The molecule has 1 aliphatic heterocycles. The van der Waals surface area contributed by atoms with Crippen LogP contribution in [0.25, 0.3) is 0 Å². The first-order chi connectivity index (χ1) is 8.45. The van der Waals surface area contributed by atoms with Crippen LogP contribution in [0.5, 0.6) is 0 Å². The summed E-state index contributed by atoms with van der Waals surface area (Å²) in [7, 11) is 0. The maximum Gasteiger partial charge on any atom is 0.221 e. The van der Waals surface area contributed by atoms with Gasteiger partial charge in [0.05, 0.1) is 0 Å². The van der Waals surface area contributed by atoms with Gasteiger partial charge < -0.3 is 10.6 Å². The lowest BCUT2D eigenvalue weighted by molar-refractivity contribution is -0.119. The van der Waals surface area contributed by atoms with Crippen molar-refractivity contribution in [1.82, 2.24) is 10.6 Å². The Balaban J connectivity index is 1.80. The van der Waals surface area contributed by atoms with E-state index in [9.17, 15) is 4.79 Å². The number of hydrogen-bond acceptors (Lipinski definition) is 2. The first-order valence-electron chi connectivity index (χ1n) is 7.48. The number of hydrogen-bond donors (Lipinski definition) is 2. The van der Waals surface area contributed by atoms with Crippen molar-refractivity contribution < 1.29 is 4.79 Å². The van der Waals surface area contributed by atoms with Gasteiger partial charge in [-0.3, -0.25) is 4.79 Å². The Bertz CT molecular complexity index is 295. The van der Waals surface area contributed by atoms with Gasteiger partial charge in [-0.1, -0.05) is 27.2 Å². The highest BCUT2D eigenvalue weighted by Crippen LogP contribution is 2.36. The van der Waals surface area contributed by atoms with Gasteiger partial charge in [0.1, 0.15) is 0 Å². The minimum Gasteiger partial charge on any atom is -0.354 e. The van der Waals surface area contributed by atoms with E-state index in [0.717, 1.165) is 12.5 Å². The molecule has 1 saturated heterocycles. The molecule has 0 bridgehead atoms. The van der Waals surface area contributed by atoms with Gasteiger partial charge >= 0.3 is 0 Å². The molecule has 18 heavy (non-hydrogen) atoms. The molecule has 0 aromatic heterocycles. The minimum absolute atomic E-state index is 0.202. The standard InChI is InChI=1S/C15H28N2O/c1-15(2,3)11-5-4-6-12(8-7-11)17-13-9-14(18)16-10-13/h11-13,17H,4-10H2,1-3H3,(H,16,18). The maximum absolute atomic E-state index is 11.2. The number of carbonyl (C=O) groups is 1.